The molecule has 1 saturated heterocycles. The summed E-state index contributed by atoms with van der Waals surface area (Å²) in [7, 11) is 0. The highest BCUT2D eigenvalue weighted by molar-refractivity contribution is 5.82. The van der Waals surface area contributed by atoms with Crippen LogP contribution in [0.1, 0.15) is 24.1 Å². The number of pyridine rings is 1. The summed E-state index contributed by atoms with van der Waals surface area (Å²) in [5.41, 5.74) is 3.33. The molecule has 2 heterocycles. The number of rotatable bonds is 8. The van der Waals surface area contributed by atoms with Crippen LogP contribution in [0.2, 0.25) is 0 Å². The second kappa shape index (κ2) is 11.7. The molecule has 0 amide bonds. The summed E-state index contributed by atoms with van der Waals surface area (Å²) in [5.74, 6) is 0.562. The molecule has 1 atom stereocenters. The van der Waals surface area contributed by atoms with Crippen molar-refractivity contribution in [1.29, 1.82) is 0 Å². The standard InChI is InChI=1S/C26H32FN5O/c1-2-28-26(30-14-12-22-6-3-5-21-7-4-13-29-25(21)22)31-19-24(32-15-17-33-18-16-32)20-8-10-23(27)11-9-20/h3-11,13,24H,2,12,14-19H2,1H3,(H2,28,30,31). The summed E-state index contributed by atoms with van der Waals surface area (Å²) in [5, 5.41) is 7.96. The van der Waals surface area contributed by atoms with Crippen LogP contribution in [0.5, 0.6) is 0 Å². The van der Waals surface area contributed by atoms with Gasteiger partial charge in [0.05, 0.1) is 31.3 Å². The van der Waals surface area contributed by atoms with E-state index in [1.807, 2.05) is 24.4 Å². The Morgan fingerprint density at radius 3 is 2.67 bits per heavy atom. The molecule has 2 aromatic carbocycles. The molecule has 1 aliphatic rings. The highest BCUT2D eigenvalue weighted by Gasteiger charge is 2.22. The summed E-state index contributed by atoms with van der Waals surface area (Å²) in [6.07, 6.45) is 2.69. The van der Waals surface area contributed by atoms with Crippen molar-refractivity contribution in [2.45, 2.75) is 19.4 Å². The van der Waals surface area contributed by atoms with Crippen molar-refractivity contribution >= 4 is 16.9 Å². The zero-order valence-corrected chi connectivity index (χ0v) is 19.1. The van der Waals surface area contributed by atoms with Crippen molar-refractivity contribution in [3.05, 3.63) is 77.7 Å². The SMILES string of the molecule is CCNC(=NCC(c1ccc(F)cc1)N1CCOCC1)NCCc1cccc2cccnc12. The van der Waals surface area contributed by atoms with Crippen LogP contribution in [-0.2, 0) is 11.2 Å². The van der Waals surface area contributed by atoms with E-state index in [1.54, 1.807) is 0 Å². The third-order valence-electron chi connectivity index (χ3n) is 5.91. The van der Waals surface area contributed by atoms with Gasteiger partial charge in [-0.05, 0) is 42.7 Å². The number of benzene rings is 2. The number of nitrogens with one attached hydrogen (secondary N) is 2. The molecule has 1 aliphatic heterocycles. The predicted octanol–water partition coefficient (Wildman–Crippen LogP) is 3.55. The molecule has 4 rings (SSSR count). The Labute approximate surface area is 194 Å². The molecule has 0 bridgehead atoms. The van der Waals surface area contributed by atoms with Crippen LogP contribution in [0, 0.1) is 5.82 Å². The quantitative estimate of drug-likeness (QED) is 0.407. The largest absolute Gasteiger partial charge is 0.379 e. The molecular formula is C26H32FN5O. The number of halogens is 1. The van der Waals surface area contributed by atoms with Gasteiger partial charge in [-0.3, -0.25) is 14.9 Å². The van der Waals surface area contributed by atoms with E-state index < -0.39 is 0 Å². The molecule has 1 fully saturated rings. The Kier molecular flexibility index (Phi) is 8.22. The van der Waals surface area contributed by atoms with E-state index in [-0.39, 0.29) is 11.9 Å². The normalized spacial score (nSPS) is 16.0. The molecule has 0 radical (unpaired) electrons. The third-order valence-corrected chi connectivity index (χ3v) is 5.91. The number of ether oxygens (including phenoxy) is 1. The minimum Gasteiger partial charge on any atom is -0.379 e. The van der Waals surface area contributed by atoms with Crippen LogP contribution in [0.3, 0.4) is 0 Å². The average Bonchev–Trinajstić information content (AvgIpc) is 2.86. The minimum absolute atomic E-state index is 0.0761. The summed E-state index contributed by atoms with van der Waals surface area (Å²) in [6, 6.07) is 17.2. The molecule has 7 heteroatoms. The van der Waals surface area contributed by atoms with E-state index in [9.17, 15) is 4.39 Å². The van der Waals surface area contributed by atoms with Crippen molar-refractivity contribution in [1.82, 2.24) is 20.5 Å². The molecule has 0 aliphatic carbocycles. The number of guanidine groups is 1. The van der Waals surface area contributed by atoms with Crippen LogP contribution < -0.4 is 10.6 Å². The van der Waals surface area contributed by atoms with Crippen molar-refractivity contribution < 1.29 is 9.13 Å². The van der Waals surface area contributed by atoms with Crippen molar-refractivity contribution in [2.24, 2.45) is 4.99 Å². The van der Waals surface area contributed by atoms with Gasteiger partial charge in [0.2, 0.25) is 0 Å². The molecule has 0 saturated carbocycles. The van der Waals surface area contributed by atoms with E-state index in [1.165, 1.54) is 17.7 Å². The Bertz CT molecular complexity index is 1040. The number of hydrogen-bond donors (Lipinski definition) is 2. The van der Waals surface area contributed by atoms with Crippen LogP contribution in [0.25, 0.3) is 10.9 Å². The van der Waals surface area contributed by atoms with Crippen LogP contribution >= 0.6 is 0 Å². The predicted molar refractivity (Wildman–Crippen MR) is 131 cm³/mol. The van der Waals surface area contributed by atoms with Crippen molar-refractivity contribution in [3.8, 4) is 0 Å². The first kappa shape index (κ1) is 23.1. The number of nitrogens with zero attached hydrogens (tertiary/aromatic N) is 3. The fourth-order valence-electron chi connectivity index (χ4n) is 4.21. The smallest absolute Gasteiger partial charge is 0.191 e. The van der Waals surface area contributed by atoms with Gasteiger partial charge in [0.1, 0.15) is 5.82 Å². The Balaban J connectivity index is 1.44. The van der Waals surface area contributed by atoms with E-state index in [0.717, 1.165) is 55.0 Å². The van der Waals surface area contributed by atoms with Crippen LogP contribution in [0.15, 0.2) is 65.8 Å². The minimum atomic E-state index is -0.221. The fourth-order valence-corrected chi connectivity index (χ4v) is 4.21. The Hall–Kier alpha value is -3.03. The van der Waals surface area contributed by atoms with Gasteiger partial charge in [-0.1, -0.05) is 36.4 Å². The molecule has 6 nitrogen and oxygen atoms in total. The molecule has 1 aromatic heterocycles. The summed E-state index contributed by atoms with van der Waals surface area (Å²) in [4.78, 5) is 11.8. The molecule has 1 unspecified atom stereocenters. The highest BCUT2D eigenvalue weighted by Crippen LogP contribution is 2.23. The third kappa shape index (κ3) is 6.27. The molecule has 0 spiro atoms. The second-order valence-corrected chi connectivity index (χ2v) is 8.10. The number of hydrogen-bond acceptors (Lipinski definition) is 4. The lowest BCUT2D eigenvalue weighted by atomic mass is 10.0. The van der Waals surface area contributed by atoms with E-state index >= 15 is 0 Å². The molecular weight excluding hydrogens is 417 g/mol. The molecule has 174 valence electrons. The van der Waals surface area contributed by atoms with Gasteiger partial charge in [0.25, 0.3) is 0 Å². The molecule has 33 heavy (non-hydrogen) atoms. The monoisotopic (exact) mass is 449 g/mol. The van der Waals surface area contributed by atoms with Gasteiger partial charge in [0.15, 0.2) is 5.96 Å². The van der Waals surface area contributed by atoms with Gasteiger partial charge in [-0.2, -0.15) is 0 Å². The van der Waals surface area contributed by atoms with Gasteiger partial charge in [0, 0.05) is 37.8 Å². The topological polar surface area (TPSA) is 61.8 Å². The van der Waals surface area contributed by atoms with Crippen molar-refractivity contribution in [2.75, 3.05) is 45.9 Å². The number of aromatic nitrogens is 1. The number of para-hydroxylation sites is 1. The summed E-state index contributed by atoms with van der Waals surface area (Å²) < 4.78 is 19.0. The van der Waals surface area contributed by atoms with Gasteiger partial charge in [-0.15, -0.1) is 0 Å². The summed E-state index contributed by atoms with van der Waals surface area (Å²) >= 11 is 0. The lowest BCUT2D eigenvalue weighted by Crippen LogP contribution is -2.42. The lowest BCUT2D eigenvalue weighted by molar-refractivity contribution is 0.0179. The first-order chi connectivity index (χ1) is 16.2. The van der Waals surface area contributed by atoms with Gasteiger partial charge in [-0.25, -0.2) is 4.39 Å². The number of fused-ring (bicyclic) bond motifs is 1. The maximum absolute atomic E-state index is 13.5. The van der Waals surface area contributed by atoms with Crippen LogP contribution in [0.4, 0.5) is 4.39 Å². The highest BCUT2D eigenvalue weighted by atomic mass is 19.1. The number of morpholine rings is 1. The van der Waals surface area contributed by atoms with E-state index in [4.69, 9.17) is 9.73 Å². The Morgan fingerprint density at radius 1 is 1.09 bits per heavy atom. The van der Waals surface area contributed by atoms with E-state index in [2.05, 4.69) is 51.7 Å². The lowest BCUT2D eigenvalue weighted by Gasteiger charge is -2.34. The number of aliphatic imine (C=N–C) groups is 1. The first-order valence-electron chi connectivity index (χ1n) is 11.7. The van der Waals surface area contributed by atoms with Crippen LogP contribution in [-0.4, -0.2) is 61.8 Å². The second-order valence-electron chi connectivity index (χ2n) is 8.10. The zero-order chi connectivity index (χ0) is 22.9. The zero-order valence-electron chi connectivity index (χ0n) is 19.1. The maximum Gasteiger partial charge on any atom is 0.191 e. The molecule has 2 N–H and O–H groups in total. The summed E-state index contributed by atoms with van der Waals surface area (Å²) in [6.45, 7) is 7.27. The molecule has 3 aromatic rings. The maximum atomic E-state index is 13.5. The van der Waals surface area contributed by atoms with Gasteiger partial charge < -0.3 is 15.4 Å². The first-order valence-corrected chi connectivity index (χ1v) is 11.7. The fraction of sp³-hybridized carbons (Fsp3) is 0.385. The Morgan fingerprint density at radius 2 is 1.88 bits per heavy atom. The van der Waals surface area contributed by atoms with Crippen molar-refractivity contribution in [3.63, 3.8) is 0 Å². The van der Waals surface area contributed by atoms with Gasteiger partial charge >= 0.3 is 0 Å². The van der Waals surface area contributed by atoms with E-state index in [0.29, 0.717) is 19.8 Å². The average molecular weight is 450 g/mol.